The Labute approximate surface area is 82.7 Å². The van der Waals surface area contributed by atoms with E-state index in [1.165, 1.54) is 20.1 Å². The van der Waals surface area contributed by atoms with E-state index in [1.54, 1.807) is 6.07 Å². The maximum Gasteiger partial charge on any atom is 0.160 e. The number of carbonyl (C=O) groups excluding carboxylic acids is 1. The van der Waals surface area contributed by atoms with Crippen LogP contribution in [0.1, 0.15) is 29.8 Å². The first-order valence-corrected chi connectivity index (χ1v) is 4.47. The van der Waals surface area contributed by atoms with Crippen LogP contribution in [0.25, 0.3) is 0 Å². The monoisotopic (exact) mass is 196 g/mol. The van der Waals surface area contributed by atoms with E-state index in [-0.39, 0.29) is 11.6 Å². The molecular formula is C11H13FO2. The summed E-state index contributed by atoms with van der Waals surface area (Å²) in [4.78, 5) is 11.0. The molecule has 0 aliphatic rings. The second-order valence-corrected chi connectivity index (χ2v) is 3.05. The molecule has 76 valence electrons. The van der Waals surface area contributed by atoms with Gasteiger partial charge in [0.15, 0.2) is 5.78 Å². The molecule has 0 aliphatic heterocycles. The highest BCUT2D eigenvalue weighted by Gasteiger charge is 2.11. The van der Waals surface area contributed by atoms with E-state index < -0.39 is 0 Å². The number of Topliss-reactive ketones (excluding diaryl/α,β-unsaturated/α-hetero) is 1. The zero-order valence-corrected chi connectivity index (χ0v) is 8.56. The van der Waals surface area contributed by atoms with Gasteiger partial charge in [0.05, 0.1) is 7.11 Å². The Bertz CT molecular complexity index is 359. The second kappa shape index (κ2) is 4.22. The standard InChI is InChI=1S/C11H13FO2/c1-4-9-10(12)5-8(7(2)13)6-11(9)14-3/h5-6H,4H2,1-3H3. The minimum atomic E-state index is -0.378. The SMILES string of the molecule is CCc1c(F)cc(C(C)=O)cc1OC. The highest BCUT2D eigenvalue weighted by molar-refractivity contribution is 5.94. The van der Waals surface area contributed by atoms with Crippen LogP contribution < -0.4 is 4.74 Å². The van der Waals surface area contributed by atoms with Crippen LogP contribution in [-0.2, 0) is 6.42 Å². The number of methoxy groups -OCH3 is 1. The molecule has 14 heavy (non-hydrogen) atoms. The van der Waals surface area contributed by atoms with Crippen LogP contribution in [0.2, 0.25) is 0 Å². The molecule has 0 aromatic heterocycles. The van der Waals surface area contributed by atoms with Gasteiger partial charge in [0.2, 0.25) is 0 Å². The summed E-state index contributed by atoms with van der Waals surface area (Å²) in [6.07, 6.45) is 0.549. The largest absolute Gasteiger partial charge is 0.496 e. The summed E-state index contributed by atoms with van der Waals surface area (Å²) < 4.78 is 18.4. The van der Waals surface area contributed by atoms with Gasteiger partial charge in [-0.1, -0.05) is 6.92 Å². The van der Waals surface area contributed by atoms with E-state index in [9.17, 15) is 9.18 Å². The maximum atomic E-state index is 13.4. The van der Waals surface area contributed by atoms with Gasteiger partial charge in [-0.05, 0) is 25.5 Å². The lowest BCUT2D eigenvalue weighted by atomic mass is 10.1. The van der Waals surface area contributed by atoms with Crippen LogP contribution in [0.15, 0.2) is 12.1 Å². The van der Waals surface area contributed by atoms with Crippen molar-refractivity contribution in [2.24, 2.45) is 0 Å². The molecule has 2 nitrogen and oxygen atoms in total. The average Bonchev–Trinajstić information content (AvgIpc) is 2.16. The Kier molecular flexibility index (Phi) is 3.23. The van der Waals surface area contributed by atoms with Gasteiger partial charge < -0.3 is 4.74 Å². The van der Waals surface area contributed by atoms with Crippen molar-refractivity contribution in [1.82, 2.24) is 0 Å². The van der Waals surface area contributed by atoms with Crippen LogP contribution in [0.3, 0.4) is 0 Å². The minimum absolute atomic E-state index is 0.162. The topological polar surface area (TPSA) is 26.3 Å². The summed E-state index contributed by atoms with van der Waals surface area (Å²) in [5.74, 6) is -0.0976. The molecule has 0 aliphatic carbocycles. The van der Waals surface area contributed by atoms with Gasteiger partial charge in [0.1, 0.15) is 11.6 Å². The van der Waals surface area contributed by atoms with Gasteiger partial charge in [0, 0.05) is 11.1 Å². The molecule has 0 bridgehead atoms. The number of carbonyl (C=O) groups is 1. The van der Waals surface area contributed by atoms with Crippen molar-refractivity contribution < 1.29 is 13.9 Å². The third-order valence-electron chi connectivity index (χ3n) is 2.13. The number of ketones is 1. The molecule has 0 fully saturated rings. The van der Waals surface area contributed by atoms with E-state index >= 15 is 0 Å². The molecule has 0 heterocycles. The number of halogens is 1. The molecule has 0 saturated heterocycles. The van der Waals surface area contributed by atoms with E-state index in [1.807, 2.05) is 6.92 Å². The van der Waals surface area contributed by atoms with E-state index in [4.69, 9.17) is 4.74 Å². The minimum Gasteiger partial charge on any atom is -0.496 e. The lowest BCUT2D eigenvalue weighted by Crippen LogP contribution is -2.00. The third kappa shape index (κ3) is 1.92. The third-order valence-corrected chi connectivity index (χ3v) is 2.13. The number of ether oxygens (including phenoxy) is 1. The fourth-order valence-electron chi connectivity index (χ4n) is 1.34. The van der Waals surface area contributed by atoms with Crippen molar-refractivity contribution in [1.29, 1.82) is 0 Å². The zero-order chi connectivity index (χ0) is 10.7. The van der Waals surface area contributed by atoms with E-state index in [2.05, 4.69) is 0 Å². The number of benzene rings is 1. The molecule has 1 aromatic carbocycles. The maximum absolute atomic E-state index is 13.4. The van der Waals surface area contributed by atoms with E-state index in [0.29, 0.717) is 23.3 Å². The van der Waals surface area contributed by atoms with Crippen LogP contribution in [-0.4, -0.2) is 12.9 Å². The molecule has 0 unspecified atom stereocenters. The van der Waals surface area contributed by atoms with Crippen molar-refractivity contribution in [2.75, 3.05) is 7.11 Å². The fraction of sp³-hybridized carbons (Fsp3) is 0.364. The Morgan fingerprint density at radius 1 is 1.50 bits per heavy atom. The first kappa shape index (κ1) is 10.7. The van der Waals surface area contributed by atoms with Gasteiger partial charge in [-0.25, -0.2) is 4.39 Å². The lowest BCUT2D eigenvalue weighted by Gasteiger charge is -2.09. The van der Waals surface area contributed by atoms with E-state index in [0.717, 1.165) is 0 Å². The van der Waals surface area contributed by atoms with Crippen molar-refractivity contribution in [3.63, 3.8) is 0 Å². The Morgan fingerprint density at radius 2 is 2.14 bits per heavy atom. The van der Waals surface area contributed by atoms with Gasteiger partial charge >= 0.3 is 0 Å². The first-order valence-electron chi connectivity index (χ1n) is 4.47. The molecule has 0 N–H and O–H groups in total. The van der Waals surface area contributed by atoms with Crippen molar-refractivity contribution in [3.8, 4) is 5.75 Å². The molecule has 3 heteroatoms. The normalized spacial score (nSPS) is 10.0. The summed E-state index contributed by atoms with van der Waals surface area (Å²) in [6, 6.07) is 2.83. The molecule has 0 amide bonds. The number of rotatable bonds is 3. The smallest absolute Gasteiger partial charge is 0.160 e. The van der Waals surface area contributed by atoms with Crippen LogP contribution in [0.4, 0.5) is 4.39 Å². The Morgan fingerprint density at radius 3 is 2.57 bits per heavy atom. The Balaban J connectivity index is 3.31. The summed E-state index contributed by atoms with van der Waals surface area (Å²) >= 11 is 0. The van der Waals surface area contributed by atoms with Crippen molar-refractivity contribution >= 4 is 5.78 Å². The predicted molar refractivity (Wildman–Crippen MR) is 52.3 cm³/mol. The zero-order valence-electron chi connectivity index (χ0n) is 8.56. The molecule has 1 rings (SSSR count). The summed E-state index contributed by atoms with van der Waals surface area (Å²) in [7, 11) is 1.47. The lowest BCUT2D eigenvalue weighted by molar-refractivity contribution is 0.101. The predicted octanol–water partition coefficient (Wildman–Crippen LogP) is 2.60. The summed E-state index contributed by atoms with van der Waals surface area (Å²) in [6.45, 7) is 3.24. The second-order valence-electron chi connectivity index (χ2n) is 3.05. The molecule has 1 aromatic rings. The number of hydrogen-bond donors (Lipinski definition) is 0. The summed E-state index contributed by atoms with van der Waals surface area (Å²) in [5.41, 5.74) is 0.856. The van der Waals surface area contributed by atoms with Gasteiger partial charge in [-0.15, -0.1) is 0 Å². The van der Waals surface area contributed by atoms with Crippen LogP contribution in [0, 0.1) is 5.82 Å². The fourth-order valence-corrected chi connectivity index (χ4v) is 1.34. The molecule has 0 atom stereocenters. The van der Waals surface area contributed by atoms with Gasteiger partial charge in [-0.2, -0.15) is 0 Å². The molecule has 0 spiro atoms. The highest BCUT2D eigenvalue weighted by Crippen LogP contribution is 2.24. The van der Waals surface area contributed by atoms with Gasteiger partial charge in [0.25, 0.3) is 0 Å². The average molecular weight is 196 g/mol. The van der Waals surface area contributed by atoms with Crippen LogP contribution in [0.5, 0.6) is 5.75 Å². The summed E-state index contributed by atoms with van der Waals surface area (Å²) in [5, 5.41) is 0. The highest BCUT2D eigenvalue weighted by atomic mass is 19.1. The number of hydrogen-bond acceptors (Lipinski definition) is 2. The van der Waals surface area contributed by atoms with Crippen molar-refractivity contribution in [2.45, 2.75) is 20.3 Å². The van der Waals surface area contributed by atoms with Gasteiger partial charge in [-0.3, -0.25) is 4.79 Å². The van der Waals surface area contributed by atoms with Crippen LogP contribution >= 0.6 is 0 Å². The molecule has 0 saturated carbocycles. The Hall–Kier alpha value is -1.38. The molecular weight excluding hydrogens is 183 g/mol. The van der Waals surface area contributed by atoms with Crippen molar-refractivity contribution in [3.05, 3.63) is 29.1 Å². The first-order chi connectivity index (χ1) is 6.60. The molecule has 0 radical (unpaired) electrons. The quantitative estimate of drug-likeness (QED) is 0.694.